The van der Waals surface area contributed by atoms with E-state index in [4.69, 9.17) is 4.98 Å². The van der Waals surface area contributed by atoms with Gasteiger partial charge in [-0.15, -0.1) is 0 Å². The number of nitro benzene ring substituents is 1. The Morgan fingerprint density at radius 1 is 0.963 bits per heavy atom. The summed E-state index contributed by atoms with van der Waals surface area (Å²) < 4.78 is 2.15. The molecule has 0 spiro atoms. The largest absolute Gasteiger partial charge is 0.314 e. The maximum Gasteiger partial charge on any atom is 0.269 e. The predicted molar refractivity (Wildman–Crippen MR) is 107 cm³/mol. The molecule has 0 aliphatic rings. The van der Waals surface area contributed by atoms with Gasteiger partial charge in [0.15, 0.2) is 0 Å². The van der Waals surface area contributed by atoms with Crippen LogP contribution in [0.15, 0.2) is 72.9 Å². The number of non-ortho nitro benzene ring substituents is 1. The second kappa shape index (κ2) is 5.64. The Kier molecular flexibility index (Phi) is 3.24. The average Bonchev–Trinajstić information content (AvgIpc) is 3.09. The molecule has 130 valence electrons. The molecule has 0 unspecified atom stereocenters. The molecule has 0 atom stereocenters. The van der Waals surface area contributed by atoms with Gasteiger partial charge in [-0.05, 0) is 42.8 Å². The standard InChI is InChI=1S/C22H15N3O2/c1-14-5-4-12-24-20(14)13-18-17-6-2-3-7-19(17)23-21(22(18)24)15-8-10-16(11-9-15)25(26)27/h2-13H,1H3. The number of hydrogen-bond acceptors (Lipinski definition) is 3. The molecule has 5 aromatic rings. The third-order valence-electron chi connectivity index (χ3n) is 5.02. The Hall–Kier alpha value is -3.73. The Bertz CT molecular complexity index is 1350. The molecule has 0 saturated heterocycles. The Balaban J connectivity index is 1.93. The highest BCUT2D eigenvalue weighted by Gasteiger charge is 2.16. The Labute approximate surface area is 154 Å². The van der Waals surface area contributed by atoms with Crippen LogP contribution in [0.1, 0.15) is 5.56 Å². The van der Waals surface area contributed by atoms with E-state index in [0.29, 0.717) is 0 Å². The zero-order valence-corrected chi connectivity index (χ0v) is 14.6. The van der Waals surface area contributed by atoms with Crippen LogP contribution in [-0.4, -0.2) is 14.3 Å². The van der Waals surface area contributed by atoms with Gasteiger partial charge in [-0.3, -0.25) is 10.1 Å². The highest BCUT2D eigenvalue weighted by molar-refractivity contribution is 6.12. The van der Waals surface area contributed by atoms with Crippen LogP contribution < -0.4 is 0 Å². The van der Waals surface area contributed by atoms with E-state index in [9.17, 15) is 10.1 Å². The number of fused-ring (bicyclic) bond motifs is 5. The summed E-state index contributed by atoms with van der Waals surface area (Å²) in [4.78, 5) is 15.5. The zero-order chi connectivity index (χ0) is 18.5. The Morgan fingerprint density at radius 2 is 1.74 bits per heavy atom. The van der Waals surface area contributed by atoms with Crippen molar-refractivity contribution in [1.29, 1.82) is 0 Å². The van der Waals surface area contributed by atoms with Crippen LogP contribution in [0.2, 0.25) is 0 Å². The lowest BCUT2D eigenvalue weighted by molar-refractivity contribution is -0.384. The van der Waals surface area contributed by atoms with Gasteiger partial charge in [-0.25, -0.2) is 4.98 Å². The normalized spacial score (nSPS) is 11.4. The summed E-state index contributed by atoms with van der Waals surface area (Å²) in [6, 6.07) is 21.0. The lowest BCUT2D eigenvalue weighted by atomic mass is 10.0. The van der Waals surface area contributed by atoms with Gasteiger partial charge in [0.05, 0.1) is 21.7 Å². The van der Waals surface area contributed by atoms with Crippen LogP contribution in [0, 0.1) is 17.0 Å². The van der Waals surface area contributed by atoms with Crippen molar-refractivity contribution < 1.29 is 4.92 Å². The SMILES string of the molecule is Cc1cccn2c1cc1c3ccccc3nc(-c3ccc([N+](=O)[O-])cc3)c12. The number of aromatic nitrogens is 2. The molecule has 0 amide bonds. The summed E-state index contributed by atoms with van der Waals surface area (Å²) in [5, 5.41) is 13.2. The minimum atomic E-state index is -0.386. The van der Waals surface area contributed by atoms with Crippen LogP contribution in [0.4, 0.5) is 5.69 Å². The van der Waals surface area contributed by atoms with Crippen LogP contribution in [0.3, 0.4) is 0 Å². The van der Waals surface area contributed by atoms with E-state index in [1.807, 2.05) is 30.5 Å². The molecule has 0 aliphatic carbocycles. The van der Waals surface area contributed by atoms with Crippen molar-refractivity contribution in [1.82, 2.24) is 9.38 Å². The number of nitrogens with zero attached hydrogens (tertiary/aromatic N) is 3. The minimum Gasteiger partial charge on any atom is -0.314 e. The van der Waals surface area contributed by atoms with E-state index in [-0.39, 0.29) is 10.6 Å². The summed E-state index contributed by atoms with van der Waals surface area (Å²) >= 11 is 0. The van der Waals surface area contributed by atoms with Crippen molar-refractivity contribution in [3.63, 3.8) is 0 Å². The van der Waals surface area contributed by atoms with Crippen LogP contribution in [0.25, 0.3) is 38.6 Å². The fourth-order valence-corrected chi connectivity index (χ4v) is 3.70. The quantitative estimate of drug-likeness (QED) is 0.310. The molecule has 27 heavy (non-hydrogen) atoms. The maximum atomic E-state index is 11.0. The number of aryl methyl sites for hydroxylation is 1. The maximum absolute atomic E-state index is 11.0. The smallest absolute Gasteiger partial charge is 0.269 e. The first-order valence-electron chi connectivity index (χ1n) is 8.67. The summed E-state index contributed by atoms with van der Waals surface area (Å²) in [6.07, 6.45) is 2.04. The topological polar surface area (TPSA) is 60.4 Å². The van der Waals surface area contributed by atoms with E-state index < -0.39 is 0 Å². The molecule has 0 aliphatic heterocycles. The average molecular weight is 353 g/mol. The van der Waals surface area contributed by atoms with E-state index in [1.54, 1.807) is 12.1 Å². The zero-order valence-electron chi connectivity index (χ0n) is 14.6. The summed E-state index contributed by atoms with van der Waals surface area (Å²) in [6.45, 7) is 2.09. The summed E-state index contributed by atoms with van der Waals surface area (Å²) in [7, 11) is 0. The molecule has 0 fully saturated rings. The van der Waals surface area contributed by atoms with Crippen LogP contribution >= 0.6 is 0 Å². The van der Waals surface area contributed by atoms with Gasteiger partial charge in [0.1, 0.15) is 0 Å². The second-order valence-electron chi connectivity index (χ2n) is 6.63. The van der Waals surface area contributed by atoms with Gasteiger partial charge >= 0.3 is 0 Å². The lowest BCUT2D eigenvalue weighted by Gasteiger charge is -2.08. The molecule has 0 N–H and O–H groups in total. The van der Waals surface area contributed by atoms with E-state index in [2.05, 4.69) is 29.5 Å². The number of pyridine rings is 2. The Morgan fingerprint density at radius 3 is 2.52 bits per heavy atom. The first-order valence-corrected chi connectivity index (χ1v) is 8.67. The summed E-state index contributed by atoms with van der Waals surface area (Å²) in [5.74, 6) is 0. The lowest BCUT2D eigenvalue weighted by Crippen LogP contribution is -1.93. The van der Waals surface area contributed by atoms with E-state index in [0.717, 1.165) is 38.6 Å². The number of para-hydroxylation sites is 1. The second-order valence-corrected chi connectivity index (χ2v) is 6.63. The molecule has 2 aromatic carbocycles. The van der Waals surface area contributed by atoms with Crippen molar-refractivity contribution in [3.8, 4) is 11.3 Å². The van der Waals surface area contributed by atoms with Crippen molar-refractivity contribution in [2.75, 3.05) is 0 Å². The first-order chi connectivity index (χ1) is 13.1. The van der Waals surface area contributed by atoms with E-state index >= 15 is 0 Å². The number of nitro groups is 1. The molecule has 3 aromatic heterocycles. The van der Waals surface area contributed by atoms with Gasteiger partial charge < -0.3 is 4.40 Å². The molecular weight excluding hydrogens is 338 g/mol. The highest BCUT2D eigenvalue weighted by atomic mass is 16.6. The first kappa shape index (κ1) is 15.5. The van der Waals surface area contributed by atoms with Gasteiger partial charge in [0, 0.05) is 40.2 Å². The molecule has 5 heteroatoms. The molecule has 5 rings (SSSR count). The summed E-state index contributed by atoms with van der Waals surface area (Å²) in [5.41, 5.74) is 6.00. The van der Waals surface area contributed by atoms with Crippen LogP contribution in [-0.2, 0) is 0 Å². The molecular formula is C22H15N3O2. The molecule has 0 bridgehead atoms. The number of rotatable bonds is 2. The monoisotopic (exact) mass is 353 g/mol. The van der Waals surface area contributed by atoms with Crippen molar-refractivity contribution in [2.24, 2.45) is 0 Å². The van der Waals surface area contributed by atoms with Gasteiger partial charge in [0.25, 0.3) is 5.69 Å². The number of hydrogen-bond donors (Lipinski definition) is 0. The van der Waals surface area contributed by atoms with Gasteiger partial charge in [0.2, 0.25) is 0 Å². The van der Waals surface area contributed by atoms with Gasteiger partial charge in [-0.1, -0.05) is 24.3 Å². The van der Waals surface area contributed by atoms with Crippen molar-refractivity contribution in [2.45, 2.75) is 6.92 Å². The predicted octanol–water partition coefficient (Wildman–Crippen LogP) is 5.52. The fraction of sp³-hybridized carbons (Fsp3) is 0.0455. The highest BCUT2D eigenvalue weighted by Crippen LogP contribution is 2.35. The van der Waals surface area contributed by atoms with Gasteiger partial charge in [-0.2, -0.15) is 0 Å². The van der Waals surface area contributed by atoms with Crippen molar-refractivity contribution in [3.05, 3.63) is 88.6 Å². The third kappa shape index (κ3) is 2.29. The molecule has 5 nitrogen and oxygen atoms in total. The number of benzene rings is 2. The molecule has 0 saturated carbocycles. The fourth-order valence-electron chi connectivity index (χ4n) is 3.70. The molecule has 0 radical (unpaired) electrons. The van der Waals surface area contributed by atoms with E-state index in [1.165, 1.54) is 17.7 Å². The molecule has 3 heterocycles. The third-order valence-corrected chi connectivity index (χ3v) is 5.02. The van der Waals surface area contributed by atoms with Crippen LogP contribution in [0.5, 0.6) is 0 Å². The van der Waals surface area contributed by atoms with Crippen molar-refractivity contribution >= 4 is 33.0 Å². The minimum absolute atomic E-state index is 0.0756.